The number of carbonyl (C=O) groups excluding carboxylic acids is 1. The Morgan fingerprint density at radius 3 is 2.48 bits per heavy atom. The average molecular weight is 313 g/mol. The van der Waals surface area contributed by atoms with Crippen LogP contribution in [0, 0.1) is 17.0 Å². The van der Waals surface area contributed by atoms with Gasteiger partial charge in [-0.3, -0.25) is 14.9 Å². The van der Waals surface area contributed by atoms with E-state index in [4.69, 9.17) is 0 Å². The third-order valence-corrected chi connectivity index (χ3v) is 3.30. The van der Waals surface area contributed by atoms with Crippen LogP contribution >= 0.6 is 0 Å². The van der Waals surface area contributed by atoms with Gasteiger partial charge in [0.2, 0.25) is 0 Å². The van der Waals surface area contributed by atoms with Crippen molar-refractivity contribution >= 4 is 17.3 Å². The number of aryl methyl sites for hydroxylation is 1. The fraction of sp³-hybridized carbons (Fsp3) is 0.125. The van der Waals surface area contributed by atoms with Crippen LogP contribution in [0.5, 0.6) is 5.75 Å². The van der Waals surface area contributed by atoms with Crippen molar-refractivity contribution in [2.45, 2.75) is 13.8 Å². The van der Waals surface area contributed by atoms with Crippen molar-refractivity contribution in [2.75, 3.05) is 0 Å². The van der Waals surface area contributed by atoms with Gasteiger partial charge in [0.25, 0.3) is 11.6 Å². The van der Waals surface area contributed by atoms with E-state index in [0.29, 0.717) is 16.8 Å². The molecule has 0 radical (unpaired) electrons. The first-order valence-electron chi connectivity index (χ1n) is 6.78. The Kier molecular flexibility index (Phi) is 4.70. The quantitative estimate of drug-likeness (QED) is 0.514. The van der Waals surface area contributed by atoms with Crippen LogP contribution in [0.3, 0.4) is 0 Å². The van der Waals surface area contributed by atoms with Crippen LogP contribution in [0.25, 0.3) is 0 Å². The van der Waals surface area contributed by atoms with Gasteiger partial charge in [-0.25, -0.2) is 5.43 Å². The summed E-state index contributed by atoms with van der Waals surface area (Å²) in [6.07, 6.45) is 0. The average Bonchev–Trinajstić information content (AvgIpc) is 2.55. The minimum atomic E-state index is -0.535. The summed E-state index contributed by atoms with van der Waals surface area (Å²) in [5, 5.41) is 24.4. The maximum atomic E-state index is 12.0. The summed E-state index contributed by atoms with van der Waals surface area (Å²) in [7, 11) is 0. The van der Waals surface area contributed by atoms with E-state index in [1.54, 1.807) is 38.1 Å². The lowest BCUT2D eigenvalue weighted by Gasteiger charge is -2.06. The largest absolute Gasteiger partial charge is 0.507 e. The topological polar surface area (TPSA) is 105 Å². The lowest BCUT2D eigenvalue weighted by Crippen LogP contribution is -2.19. The highest BCUT2D eigenvalue weighted by Crippen LogP contribution is 2.21. The number of nitro groups is 1. The van der Waals surface area contributed by atoms with Crippen molar-refractivity contribution in [3.63, 3.8) is 0 Å². The molecule has 7 nitrogen and oxygen atoms in total. The summed E-state index contributed by atoms with van der Waals surface area (Å²) in [5.41, 5.74) is 4.19. The number of hydrazone groups is 1. The van der Waals surface area contributed by atoms with Gasteiger partial charge >= 0.3 is 0 Å². The highest BCUT2D eigenvalue weighted by Gasteiger charge is 2.12. The van der Waals surface area contributed by atoms with Crippen LogP contribution in [0.1, 0.15) is 28.4 Å². The number of amides is 1. The van der Waals surface area contributed by atoms with Crippen LogP contribution < -0.4 is 5.43 Å². The molecule has 0 saturated carbocycles. The van der Waals surface area contributed by atoms with E-state index in [2.05, 4.69) is 10.5 Å². The van der Waals surface area contributed by atoms with Gasteiger partial charge in [0, 0.05) is 12.1 Å². The lowest BCUT2D eigenvalue weighted by atomic mass is 10.1. The molecule has 7 heteroatoms. The molecule has 2 rings (SSSR count). The minimum absolute atomic E-state index is 0.0183. The summed E-state index contributed by atoms with van der Waals surface area (Å²) in [6.45, 7) is 3.36. The first-order chi connectivity index (χ1) is 10.9. The summed E-state index contributed by atoms with van der Waals surface area (Å²) in [5.74, 6) is -0.624. The minimum Gasteiger partial charge on any atom is -0.507 e. The molecule has 0 aliphatic heterocycles. The molecule has 0 aliphatic carbocycles. The maximum Gasteiger partial charge on any atom is 0.275 e. The number of non-ortho nitro benzene ring substituents is 1. The fourth-order valence-electron chi connectivity index (χ4n) is 1.93. The Morgan fingerprint density at radius 2 is 1.87 bits per heavy atom. The Bertz CT molecular complexity index is 782. The van der Waals surface area contributed by atoms with E-state index in [1.807, 2.05) is 0 Å². The molecule has 2 aromatic carbocycles. The molecule has 0 fully saturated rings. The number of phenolic OH excluding ortho intramolecular Hbond substituents is 1. The molecule has 0 aliphatic rings. The van der Waals surface area contributed by atoms with Crippen LogP contribution in [-0.2, 0) is 0 Å². The third kappa shape index (κ3) is 3.70. The van der Waals surface area contributed by atoms with Crippen molar-refractivity contribution in [3.8, 4) is 5.75 Å². The fourth-order valence-corrected chi connectivity index (χ4v) is 1.93. The molecule has 2 N–H and O–H groups in total. The monoisotopic (exact) mass is 313 g/mol. The molecule has 0 atom stereocenters. The SMILES string of the molecule is CC(=NNC(=O)c1cccc(C)c1O)c1ccc([N+](=O)[O-])cc1. The summed E-state index contributed by atoms with van der Waals surface area (Å²) < 4.78 is 0. The summed E-state index contributed by atoms with van der Waals surface area (Å²) >= 11 is 0. The van der Waals surface area contributed by atoms with Crippen molar-refractivity contribution in [3.05, 3.63) is 69.3 Å². The van der Waals surface area contributed by atoms with Gasteiger partial charge in [-0.15, -0.1) is 0 Å². The second-order valence-electron chi connectivity index (χ2n) is 4.91. The van der Waals surface area contributed by atoms with Gasteiger partial charge in [-0.05, 0) is 43.2 Å². The number of hydrogen-bond donors (Lipinski definition) is 2. The standard InChI is InChI=1S/C16H15N3O4/c1-10-4-3-5-14(15(10)20)16(21)18-17-11(2)12-6-8-13(9-7-12)19(22)23/h3-9,20H,1-2H3,(H,18,21). The predicted molar refractivity (Wildman–Crippen MR) is 85.6 cm³/mol. The molecule has 0 aromatic heterocycles. The van der Waals surface area contributed by atoms with E-state index < -0.39 is 10.8 Å². The Hall–Kier alpha value is -3.22. The number of rotatable bonds is 4. The molecule has 118 valence electrons. The van der Waals surface area contributed by atoms with Crippen LogP contribution in [0.2, 0.25) is 0 Å². The Labute approximate surface area is 132 Å². The van der Waals surface area contributed by atoms with E-state index in [1.165, 1.54) is 18.2 Å². The van der Waals surface area contributed by atoms with Gasteiger partial charge in [0.1, 0.15) is 5.75 Å². The van der Waals surface area contributed by atoms with Gasteiger partial charge in [0.15, 0.2) is 0 Å². The molecule has 2 aromatic rings. The van der Waals surface area contributed by atoms with E-state index in [-0.39, 0.29) is 17.0 Å². The van der Waals surface area contributed by atoms with Gasteiger partial charge < -0.3 is 5.11 Å². The first-order valence-corrected chi connectivity index (χ1v) is 6.78. The first kappa shape index (κ1) is 16.2. The second-order valence-corrected chi connectivity index (χ2v) is 4.91. The summed E-state index contributed by atoms with van der Waals surface area (Å²) in [6, 6.07) is 10.7. The second kappa shape index (κ2) is 6.69. The van der Waals surface area contributed by atoms with Crippen molar-refractivity contribution in [1.29, 1.82) is 0 Å². The highest BCUT2D eigenvalue weighted by atomic mass is 16.6. The van der Waals surface area contributed by atoms with Crippen molar-refractivity contribution < 1.29 is 14.8 Å². The third-order valence-electron chi connectivity index (χ3n) is 3.30. The molecule has 1 amide bonds. The normalized spacial score (nSPS) is 11.1. The molecule has 23 heavy (non-hydrogen) atoms. The summed E-state index contributed by atoms with van der Waals surface area (Å²) in [4.78, 5) is 22.1. The number of para-hydroxylation sites is 1. The van der Waals surface area contributed by atoms with E-state index in [0.717, 1.165) is 0 Å². The smallest absolute Gasteiger partial charge is 0.275 e. The Morgan fingerprint density at radius 1 is 1.22 bits per heavy atom. The number of hydrogen-bond acceptors (Lipinski definition) is 5. The number of carbonyl (C=O) groups is 1. The number of phenols is 1. The molecule has 0 heterocycles. The van der Waals surface area contributed by atoms with Crippen LogP contribution in [0.15, 0.2) is 47.6 Å². The van der Waals surface area contributed by atoms with E-state index >= 15 is 0 Å². The van der Waals surface area contributed by atoms with Gasteiger partial charge in [-0.1, -0.05) is 12.1 Å². The molecule has 0 unspecified atom stereocenters. The number of aromatic hydroxyl groups is 1. The molecule has 0 bridgehead atoms. The highest BCUT2D eigenvalue weighted by molar-refractivity contribution is 6.01. The zero-order chi connectivity index (χ0) is 17.0. The lowest BCUT2D eigenvalue weighted by molar-refractivity contribution is -0.384. The number of benzene rings is 2. The Balaban J connectivity index is 2.14. The predicted octanol–water partition coefficient (Wildman–Crippen LogP) is 2.76. The number of nitro benzene ring substituents is 1. The van der Waals surface area contributed by atoms with Gasteiger partial charge in [-0.2, -0.15) is 5.10 Å². The molecule has 0 spiro atoms. The zero-order valence-electron chi connectivity index (χ0n) is 12.6. The van der Waals surface area contributed by atoms with Crippen LogP contribution in [0.4, 0.5) is 5.69 Å². The molecule has 0 saturated heterocycles. The number of nitrogens with one attached hydrogen (secondary N) is 1. The van der Waals surface area contributed by atoms with Gasteiger partial charge in [0.05, 0.1) is 16.2 Å². The number of nitrogens with zero attached hydrogens (tertiary/aromatic N) is 2. The maximum absolute atomic E-state index is 12.0. The van der Waals surface area contributed by atoms with Crippen molar-refractivity contribution in [2.24, 2.45) is 5.10 Å². The van der Waals surface area contributed by atoms with Crippen LogP contribution in [-0.4, -0.2) is 21.6 Å². The molecular formula is C16H15N3O4. The molecular weight excluding hydrogens is 298 g/mol. The van der Waals surface area contributed by atoms with Crippen molar-refractivity contribution in [1.82, 2.24) is 5.43 Å². The van der Waals surface area contributed by atoms with E-state index in [9.17, 15) is 20.0 Å². The zero-order valence-corrected chi connectivity index (χ0v) is 12.6.